The molecule has 6 nitrogen and oxygen atoms in total. The Morgan fingerprint density at radius 2 is 1.59 bits per heavy atom. The summed E-state index contributed by atoms with van der Waals surface area (Å²) in [5.74, 6) is 2.42. The van der Waals surface area contributed by atoms with Crippen molar-refractivity contribution in [3.05, 3.63) is 89.0 Å². The number of aryl methyl sites for hydroxylation is 1. The van der Waals surface area contributed by atoms with Crippen LogP contribution in [0.5, 0.6) is 17.2 Å². The Morgan fingerprint density at radius 3 is 2.28 bits per heavy atom. The summed E-state index contributed by atoms with van der Waals surface area (Å²) in [7, 11) is 0. The van der Waals surface area contributed by atoms with Crippen molar-refractivity contribution < 1.29 is 19.0 Å². The number of benzene rings is 3. The van der Waals surface area contributed by atoms with E-state index in [4.69, 9.17) is 14.2 Å². The molecule has 0 bridgehead atoms. The molecule has 6 heteroatoms. The summed E-state index contributed by atoms with van der Waals surface area (Å²) >= 11 is 0. The van der Waals surface area contributed by atoms with Gasteiger partial charge in [-0.3, -0.25) is 4.90 Å². The highest BCUT2D eigenvalue weighted by atomic mass is 16.6. The van der Waals surface area contributed by atoms with Gasteiger partial charge in [0.25, 0.3) is 0 Å². The minimum Gasteiger partial charge on any atom is -0.492 e. The Morgan fingerprint density at radius 1 is 0.923 bits per heavy atom. The second-order valence-corrected chi connectivity index (χ2v) is 10.5. The average molecular weight is 529 g/mol. The maximum absolute atomic E-state index is 12.5. The number of hydrogen-bond acceptors (Lipinski definition) is 5. The van der Waals surface area contributed by atoms with Gasteiger partial charge in [-0.15, -0.1) is 0 Å². The van der Waals surface area contributed by atoms with Crippen LogP contribution in [-0.4, -0.2) is 61.8 Å². The molecule has 0 spiro atoms. The fourth-order valence-corrected chi connectivity index (χ4v) is 5.68. The van der Waals surface area contributed by atoms with Crippen LogP contribution in [0.15, 0.2) is 66.7 Å². The van der Waals surface area contributed by atoms with E-state index in [-0.39, 0.29) is 17.9 Å². The van der Waals surface area contributed by atoms with Crippen LogP contribution in [0.25, 0.3) is 0 Å². The first-order valence-corrected chi connectivity index (χ1v) is 14.3. The Labute approximate surface area is 232 Å². The first-order valence-electron chi connectivity index (χ1n) is 14.3. The van der Waals surface area contributed by atoms with Crippen LogP contribution in [-0.2, 0) is 0 Å². The second-order valence-electron chi connectivity index (χ2n) is 10.5. The van der Waals surface area contributed by atoms with E-state index >= 15 is 0 Å². The second kappa shape index (κ2) is 12.6. The van der Waals surface area contributed by atoms with Crippen LogP contribution in [0.3, 0.4) is 0 Å². The van der Waals surface area contributed by atoms with Gasteiger partial charge in [-0.25, -0.2) is 4.79 Å². The van der Waals surface area contributed by atoms with Crippen molar-refractivity contribution in [3.63, 3.8) is 0 Å². The van der Waals surface area contributed by atoms with Crippen molar-refractivity contribution in [2.45, 2.75) is 45.4 Å². The molecule has 3 aromatic rings. The lowest BCUT2D eigenvalue weighted by atomic mass is 9.76. The van der Waals surface area contributed by atoms with Gasteiger partial charge in [-0.1, -0.05) is 48.0 Å². The van der Waals surface area contributed by atoms with Crippen LogP contribution in [0, 0.1) is 6.92 Å². The van der Waals surface area contributed by atoms with Crippen LogP contribution >= 0.6 is 0 Å². The molecule has 39 heavy (non-hydrogen) atoms. The number of likely N-dealkylation sites (tertiary alicyclic amines) is 1. The summed E-state index contributed by atoms with van der Waals surface area (Å²) in [5.41, 5.74) is 4.80. The van der Waals surface area contributed by atoms with Gasteiger partial charge in [0.05, 0.1) is 6.61 Å². The third-order valence-electron chi connectivity index (χ3n) is 7.99. The number of fused-ring (bicyclic) bond motifs is 1. The summed E-state index contributed by atoms with van der Waals surface area (Å²) in [5, 5.41) is 0. The molecular weight excluding hydrogens is 488 g/mol. The number of nitrogens with zero attached hydrogens (tertiary/aromatic N) is 2. The Kier molecular flexibility index (Phi) is 8.72. The molecule has 2 heterocycles. The molecule has 1 amide bonds. The lowest BCUT2D eigenvalue weighted by molar-refractivity contribution is 0.157. The van der Waals surface area contributed by atoms with Gasteiger partial charge in [-0.05, 0) is 76.0 Å². The molecule has 206 valence electrons. The number of amides is 1. The van der Waals surface area contributed by atoms with Gasteiger partial charge in [0, 0.05) is 43.1 Å². The Bertz CT molecular complexity index is 1230. The van der Waals surface area contributed by atoms with E-state index in [2.05, 4.69) is 60.4 Å². The predicted molar refractivity (Wildman–Crippen MR) is 154 cm³/mol. The molecule has 0 radical (unpaired) electrons. The third-order valence-corrected chi connectivity index (χ3v) is 7.99. The van der Waals surface area contributed by atoms with E-state index < -0.39 is 0 Å². The van der Waals surface area contributed by atoms with Crippen LogP contribution in [0.2, 0.25) is 0 Å². The first kappa shape index (κ1) is 27.1. The van der Waals surface area contributed by atoms with E-state index in [1.807, 2.05) is 32.0 Å². The normalized spacial score (nSPS) is 18.7. The Balaban J connectivity index is 1.39. The zero-order valence-corrected chi connectivity index (χ0v) is 23.4. The summed E-state index contributed by atoms with van der Waals surface area (Å²) in [6.07, 6.45) is 2.25. The summed E-state index contributed by atoms with van der Waals surface area (Å²) in [6.45, 7) is 11.8. The molecule has 3 aromatic carbocycles. The number of carbonyl (C=O) groups is 1. The van der Waals surface area contributed by atoms with Crippen molar-refractivity contribution in [1.29, 1.82) is 0 Å². The summed E-state index contributed by atoms with van der Waals surface area (Å²) in [4.78, 5) is 16.6. The van der Waals surface area contributed by atoms with Crippen LogP contribution in [0.1, 0.15) is 60.8 Å². The molecular formula is C33H40N2O4. The third kappa shape index (κ3) is 6.39. The molecule has 0 N–H and O–H groups in total. The molecule has 2 aliphatic rings. The number of ether oxygens (including phenoxy) is 3. The van der Waals surface area contributed by atoms with Gasteiger partial charge in [0.2, 0.25) is 0 Å². The molecule has 1 fully saturated rings. The number of carbonyl (C=O) groups excluding carboxylic acids is 1. The minimum absolute atomic E-state index is 0.0997. The average Bonchev–Trinajstić information content (AvgIpc) is 3.48. The highest BCUT2D eigenvalue weighted by Crippen LogP contribution is 2.47. The van der Waals surface area contributed by atoms with Gasteiger partial charge >= 0.3 is 6.09 Å². The van der Waals surface area contributed by atoms with Gasteiger partial charge in [0.1, 0.15) is 23.9 Å². The smallest absolute Gasteiger partial charge is 0.415 e. The standard InChI is InChI=1S/C33H40N2O4/c1-4-35(5-2)33(36)39-28-16-17-29-31(22-28)38-23-30(25-10-8-24(3)9-11-25)32(29)26-12-14-27(15-13-26)37-21-20-34-18-6-7-19-34/h8-17,22,30,32H,4-7,18-21,23H2,1-3H3. The van der Waals surface area contributed by atoms with Crippen LogP contribution < -0.4 is 14.2 Å². The molecule has 1 saturated heterocycles. The monoisotopic (exact) mass is 528 g/mol. The highest BCUT2D eigenvalue weighted by molar-refractivity contribution is 5.71. The van der Waals surface area contributed by atoms with Crippen LogP contribution in [0.4, 0.5) is 4.79 Å². The van der Waals surface area contributed by atoms with Gasteiger partial charge < -0.3 is 19.1 Å². The first-order chi connectivity index (χ1) is 19.1. The maximum Gasteiger partial charge on any atom is 0.415 e. The topological polar surface area (TPSA) is 51.2 Å². The highest BCUT2D eigenvalue weighted by Gasteiger charge is 2.34. The SMILES string of the molecule is CCN(CC)C(=O)Oc1ccc2c(c1)OCC(c1ccc(C)cc1)C2c1ccc(OCCN2CCCC2)cc1. The Hall–Kier alpha value is -3.51. The maximum atomic E-state index is 12.5. The molecule has 5 rings (SSSR count). The lowest BCUT2D eigenvalue weighted by Gasteiger charge is -2.35. The molecule has 2 unspecified atom stereocenters. The van der Waals surface area contributed by atoms with Gasteiger partial charge in [0.15, 0.2) is 0 Å². The van der Waals surface area contributed by atoms with Crippen molar-refractivity contribution in [2.75, 3.05) is 45.9 Å². The molecule has 2 atom stereocenters. The van der Waals surface area contributed by atoms with Crippen molar-refractivity contribution in [2.24, 2.45) is 0 Å². The number of hydrogen-bond donors (Lipinski definition) is 0. The van der Waals surface area contributed by atoms with E-state index in [0.717, 1.165) is 23.6 Å². The van der Waals surface area contributed by atoms with E-state index in [0.29, 0.717) is 32.1 Å². The summed E-state index contributed by atoms with van der Waals surface area (Å²) in [6, 6.07) is 23.0. The molecule has 0 aliphatic carbocycles. The molecule has 0 aromatic heterocycles. The summed E-state index contributed by atoms with van der Waals surface area (Å²) < 4.78 is 18.0. The van der Waals surface area contributed by atoms with Crippen molar-refractivity contribution in [3.8, 4) is 17.2 Å². The molecule has 2 aliphatic heterocycles. The predicted octanol–water partition coefficient (Wildman–Crippen LogP) is 6.62. The largest absolute Gasteiger partial charge is 0.492 e. The van der Waals surface area contributed by atoms with Gasteiger partial charge in [-0.2, -0.15) is 0 Å². The molecule has 0 saturated carbocycles. The van der Waals surface area contributed by atoms with E-state index in [1.54, 1.807) is 4.90 Å². The fraction of sp³-hybridized carbons (Fsp3) is 0.424. The fourth-order valence-electron chi connectivity index (χ4n) is 5.68. The van der Waals surface area contributed by atoms with E-state index in [9.17, 15) is 4.79 Å². The van der Waals surface area contributed by atoms with E-state index in [1.165, 1.54) is 42.6 Å². The van der Waals surface area contributed by atoms with Crippen molar-refractivity contribution >= 4 is 6.09 Å². The number of rotatable bonds is 9. The van der Waals surface area contributed by atoms with Crippen molar-refractivity contribution in [1.82, 2.24) is 9.80 Å². The zero-order valence-electron chi connectivity index (χ0n) is 23.4. The minimum atomic E-state index is -0.342. The lowest BCUT2D eigenvalue weighted by Crippen LogP contribution is -2.33. The quantitative estimate of drug-likeness (QED) is 0.312. The zero-order chi connectivity index (χ0) is 27.2.